The second-order valence-corrected chi connectivity index (χ2v) is 8.16. The van der Waals surface area contributed by atoms with Gasteiger partial charge in [0.2, 0.25) is 5.91 Å². The molecule has 2 heterocycles. The topological polar surface area (TPSA) is 93.0 Å². The van der Waals surface area contributed by atoms with E-state index in [0.717, 1.165) is 24.1 Å². The molecule has 160 valence electrons. The van der Waals surface area contributed by atoms with Crippen LogP contribution in [0.15, 0.2) is 42.5 Å². The van der Waals surface area contributed by atoms with Gasteiger partial charge in [-0.05, 0) is 79.1 Å². The van der Waals surface area contributed by atoms with Crippen LogP contribution in [-0.2, 0) is 4.79 Å². The Balaban J connectivity index is 1.46. The third-order valence-electron chi connectivity index (χ3n) is 5.50. The van der Waals surface area contributed by atoms with Gasteiger partial charge in [-0.15, -0.1) is 5.10 Å². The number of carbonyl (C=O) groups is 2. The van der Waals surface area contributed by atoms with E-state index in [0.29, 0.717) is 35.2 Å². The predicted molar refractivity (Wildman–Crippen MR) is 117 cm³/mol. The fourth-order valence-corrected chi connectivity index (χ4v) is 3.89. The Morgan fingerprint density at radius 2 is 1.90 bits per heavy atom. The number of amides is 2. The zero-order valence-electron chi connectivity index (χ0n) is 17.4. The predicted octanol–water partition coefficient (Wildman–Crippen LogP) is 3.42. The molecular formula is C22H23ClN6O2. The summed E-state index contributed by atoms with van der Waals surface area (Å²) in [7, 11) is 0. The number of benzene rings is 2. The number of aromatic nitrogens is 4. The first kappa shape index (κ1) is 21.0. The molecule has 1 aliphatic heterocycles. The highest BCUT2D eigenvalue weighted by Crippen LogP contribution is 2.23. The Labute approximate surface area is 185 Å². The summed E-state index contributed by atoms with van der Waals surface area (Å²) in [5, 5.41) is 15.2. The molecule has 0 saturated carbocycles. The highest BCUT2D eigenvalue weighted by molar-refractivity contribution is 6.30. The van der Waals surface area contributed by atoms with E-state index >= 15 is 0 Å². The third kappa shape index (κ3) is 4.59. The summed E-state index contributed by atoms with van der Waals surface area (Å²) in [6.45, 7) is 4.80. The van der Waals surface area contributed by atoms with Crippen LogP contribution in [0, 0.1) is 19.8 Å². The lowest BCUT2D eigenvalue weighted by atomic mass is 9.96. The molecule has 1 fully saturated rings. The molecule has 1 saturated heterocycles. The highest BCUT2D eigenvalue weighted by Gasteiger charge is 2.29. The molecule has 4 rings (SSSR count). The summed E-state index contributed by atoms with van der Waals surface area (Å²) in [5.41, 5.74) is 3.04. The number of tetrazole rings is 1. The highest BCUT2D eigenvalue weighted by atomic mass is 35.5. The molecule has 0 aliphatic carbocycles. The summed E-state index contributed by atoms with van der Waals surface area (Å²) in [6.07, 6.45) is 1.52. The van der Waals surface area contributed by atoms with E-state index in [-0.39, 0.29) is 17.7 Å². The largest absolute Gasteiger partial charge is 0.338 e. The Kier molecular flexibility index (Phi) is 5.99. The molecule has 9 heteroatoms. The van der Waals surface area contributed by atoms with Gasteiger partial charge in [0, 0.05) is 29.4 Å². The van der Waals surface area contributed by atoms with Crippen LogP contribution in [-0.4, -0.2) is 50.0 Å². The molecule has 0 radical (unpaired) electrons. The van der Waals surface area contributed by atoms with E-state index in [1.807, 2.05) is 32.0 Å². The Hall–Kier alpha value is -3.26. The minimum Gasteiger partial charge on any atom is -0.338 e. The van der Waals surface area contributed by atoms with Gasteiger partial charge in [0.15, 0.2) is 5.82 Å². The number of halogens is 1. The number of nitrogens with one attached hydrogen (secondary N) is 1. The van der Waals surface area contributed by atoms with Gasteiger partial charge in [-0.25, -0.2) is 0 Å². The second-order valence-electron chi connectivity index (χ2n) is 7.73. The summed E-state index contributed by atoms with van der Waals surface area (Å²) in [6, 6.07) is 12.5. The van der Waals surface area contributed by atoms with Gasteiger partial charge in [-0.1, -0.05) is 17.7 Å². The fourth-order valence-electron chi connectivity index (χ4n) is 3.76. The standard InChI is InChI=1S/C22H23ClN6O2/c1-14-5-10-19(12-20(14)29-15(2)25-26-27-29)24-21(30)17-4-3-11-28(13-17)22(31)16-6-8-18(23)9-7-16/h5-10,12,17H,3-4,11,13H2,1-2H3,(H,24,30). The van der Waals surface area contributed by atoms with Crippen molar-refractivity contribution < 1.29 is 9.59 Å². The Morgan fingerprint density at radius 3 is 2.61 bits per heavy atom. The van der Waals surface area contributed by atoms with Crippen molar-refractivity contribution in [3.05, 3.63) is 64.4 Å². The number of rotatable bonds is 4. The summed E-state index contributed by atoms with van der Waals surface area (Å²) >= 11 is 5.92. The quantitative estimate of drug-likeness (QED) is 0.673. The maximum atomic E-state index is 13.0. The van der Waals surface area contributed by atoms with E-state index in [1.165, 1.54) is 0 Å². The van der Waals surface area contributed by atoms with E-state index in [4.69, 9.17) is 11.6 Å². The molecule has 1 atom stereocenters. The van der Waals surface area contributed by atoms with Gasteiger partial charge in [0.25, 0.3) is 5.91 Å². The number of carbonyl (C=O) groups excluding carboxylic acids is 2. The molecule has 0 spiro atoms. The number of hydrogen-bond acceptors (Lipinski definition) is 5. The SMILES string of the molecule is Cc1ccc(NC(=O)C2CCCN(C(=O)c3ccc(Cl)cc3)C2)cc1-n1nnnc1C. The molecular weight excluding hydrogens is 416 g/mol. The van der Waals surface area contributed by atoms with E-state index in [2.05, 4.69) is 20.8 Å². The average molecular weight is 439 g/mol. The van der Waals surface area contributed by atoms with Crippen LogP contribution in [0.1, 0.15) is 34.6 Å². The fraction of sp³-hybridized carbons (Fsp3) is 0.318. The number of anilines is 1. The molecule has 1 aliphatic rings. The molecule has 8 nitrogen and oxygen atoms in total. The van der Waals surface area contributed by atoms with Gasteiger partial charge in [0.05, 0.1) is 11.6 Å². The minimum absolute atomic E-state index is 0.0825. The molecule has 0 bridgehead atoms. The molecule has 2 amide bonds. The monoisotopic (exact) mass is 438 g/mol. The van der Waals surface area contributed by atoms with Crippen molar-refractivity contribution in [2.45, 2.75) is 26.7 Å². The molecule has 1 aromatic heterocycles. The van der Waals surface area contributed by atoms with Crippen LogP contribution < -0.4 is 5.32 Å². The van der Waals surface area contributed by atoms with Crippen LogP contribution in [0.4, 0.5) is 5.69 Å². The number of likely N-dealkylation sites (tertiary alicyclic amines) is 1. The van der Waals surface area contributed by atoms with Crippen molar-refractivity contribution >= 4 is 29.1 Å². The third-order valence-corrected chi connectivity index (χ3v) is 5.75. The van der Waals surface area contributed by atoms with Gasteiger partial charge < -0.3 is 10.2 Å². The minimum atomic E-state index is -0.274. The van der Waals surface area contributed by atoms with Crippen molar-refractivity contribution in [2.75, 3.05) is 18.4 Å². The average Bonchev–Trinajstić information content (AvgIpc) is 3.21. The molecule has 1 N–H and O–H groups in total. The first-order valence-corrected chi connectivity index (χ1v) is 10.5. The van der Waals surface area contributed by atoms with Gasteiger partial charge in [0.1, 0.15) is 0 Å². The van der Waals surface area contributed by atoms with Crippen molar-refractivity contribution in [1.82, 2.24) is 25.1 Å². The van der Waals surface area contributed by atoms with E-state index in [1.54, 1.807) is 33.8 Å². The lowest BCUT2D eigenvalue weighted by Gasteiger charge is -2.32. The Bertz CT molecular complexity index is 1110. The van der Waals surface area contributed by atoms with Gasteiger partial charge in [-0.3, -0.25) is 9.59 Å². The maximum absolute atomic E-state index is 13.0. The van der Waals surface area contributed by atoms with Gasteiger partial charge >= 0.3 is 0 Å². The zero-order valence-corrected chi connectivity index (χ0v) is 18.1. The molecule has 31 heavy (non-hydrogen) atoms. The summed E-state index contributed by atoms with van der Waals surface area (Å²) in [5.74, 6) is 0.206. The van der Waals surface area contributed by atoms with Crippen molar-refractivity contribution in [3.8, 4) is 5.69 Å². The maximum Gasteiger partial charge on any atom is 0.253 e. The lowest BCUT2D eigenvalue weighted by molar-refractivity contribution is -0.121. The normalized spacial score (nSPS) is 16.2. The van der Waals surface area contributed by atoms with Crippen LogP contribution in [0.2, 0.25) is 5.02 Å². The number of aryl methyl sites for hydroxylation is 2. The molecule has 2 aromatic carbocycles. The van der Waals surface area contributed by atoms with Crippen LogP contribution in [0.25, 0.3) is 5.69 Å². The molecule has 3 aromatic rings. The summed E-state index contributed by atoms with van der Waals surface area (Å²) in [4.78, 5) is 27.5. The molecule has 1 unspecified atom stereocenters. The van der Waals surface area contributed by atoms with E-state index < -0.39 is 0 Å². The number of nitrogens with zero attached hydrogens (tertiary/aromatic N) is 5. The van der Waals surface area contributed by atoms with Gasteiger partial charge in [-0.2, -0.15) is 4.68 Å². The summed E-state index contributed by atoms with van der Waals surface area (Å²) < 4.78 is 1.64. The van der Waals surface area contributed by atoms with Crippen molar-refractivity contribution in [1.29, 1.82) is 0 Å². The number of piperidine rings is 1. The first-order chi connectivity index (χ1) is 14.9. The van der Waals surface area contributed by atoms with Crippen molar-refractivity contribution in [2.24, 2.45) is 5.92 Å². The van der Waals surface area contributed by atoms with Crippen LogP contribution in [0.5, 0.6) is 0 Å². The lowest BCUT2D eigenvalue weighted by Crippen LogP contribution is -2.43. The van der Waals surface area contributed by atoms with Crippen molar-refractivity contribution in [3.63, 3.8) is 0 Å². The van der Waals surface area contributed by atoms with E-state index in [9.17, 15) is 9.59 Å². The van der Waals surface area contributed by atoms with Crippen LogP contribution >= 0.6 is 11.6 Å². The number of hydrogen-bond donors (Lipinski definition) is 1. The Morgan fingerprint density at radius 1 is 1.13 bits per heavy atom. The second kappa shape index (κ2) is 8.85. The van der Waals surface area contributed by atoms with Crippen LogP contribution in [0.3, 0.4) is 0 Å². The first-order valence-electron chi connectivity index (χ1n) is 10.1. The smallest absolute Gasteiger partial charge is 0.253 e. The zero-order chi connectivity index (χ0) is 22.0.